The second kappa shape index (κ2) is 6.43. The van der Waals surface area contributed by atoms with E-state index in [1.54, 1.807) is 7.11 Å². The monoisotopic (exact) mass is 286 g/mol. The largest absolute Gasteiger partial charge is 0.496 e. The number of hydrogen-bond donors (Lipinski definition) is 1. The maximum atomic E-state index is 6.08. The second-order valence-corrected chi connectivity index (χ2v) is 5.30. The van der Waals surface area contributed by atoms with Crippen LogP contribution in [0.3, 0.4) is 0 Å². The fourth-order valence-corrected chi connectivity index (χ4v) is 3.13. The van der Waals surface area contributed by atoms with Gasteiger partial charge in [0.2, 0.25) is 0 Å². The summed E-state index contributed by atoms with van der Waals surface area (Å²) in [4.78, 5) is 2.41. The Morgan fingerprint density at radius 3 is 2.52 bits per heavy atom. The average Bonchev–Trinajstić information content (AvgIpc) is 2.56. The van der Waals surface area contributed by atoms with E-state index in [1.165, 1.54) is 10.9 Å². The molecule has 0 radical (unpaired) electrons. The summed E-state index contributed by atoms with van der Waals surface area (Å²) in [5.41, 5.74) is 7.36. The van der Waals surface area contributed by atoms with E-state index in [9.17, 15) is 0 Å². The fraction of sp³-hybridized carbons (Fsp3) is 0.412. The molecule has 1 heterocycles. The van der Waals surface area contributed by atoms with E-state index in [2.05, 4.69) is 29.2 Å². The minimum atomic E-state index is 0.227. The van der Waals surface area contributed by atoms with Crippen molar-refractivity contribution in [2.75, 3.05) is 40.0 Å². The van der Waals surface area contributed by atoms with E-state index in [0.29, 0.717) is 6.54 Å². The zero-order valence-electron chi connectivity index (χ0n) is 12.4. The Labute approximate surface area is 125 Å². The zero-order chi connectivity index (χ0) is 14.7. The van der Waals surface area contributed by atoms with Gasteiger partial charge in [-0.05, 0) is 17.0 Å². The highest BCUT2D eigenvalue weighted by Crippen LogP contribution is 2.33. The van der Waals surface area contributed by atoms with Gasteiger partial charge >= 0.3 is 0 Å². The van der Waals surface area contributed by atoms with Gasteiger partial charge in [-0.2, -0.15) is 0 Å². The van der Waals surface area contributed by atoms with Crippen molar-refractivity contribution in [2.24, 2.45) is 5.73 Å². The number of nitrogens with two attached hydrogens (primary N) is 1. The van der Waals surface area contributed by atoms with Crippen LogP contribution in [0.2, 0.25) is 0 Å². The maximum Gasteiger partial charge on any atom is 0.126 e. The number of methoxy groups -OCH3 is 1. The lowest BCUT2D eigenvalue weighted by Crippen LogP contribution is -2.41. The average molecular weight is 286 g/mol. The van der Waals surface area contributed by atoms with Crippen LogP contribution in [-0.2, 0) is 4.74 Å². The Morgan fingerprint density at radius 1 is 1.14 bits per heavy atom. The highest BCUT2D eigenvalue weighted by Gasteiger charge is 2.23. The molecule has 3 rings (SSSR count). The van der Waals surface area contributed by atoms with Gasteiger partial charge in [-0.1, -0.05) is 30.3 Å². The van der Waals surface area contributed by atoms with E-state index in [-0.39, 0.29) is 6.04 Å². The Kier molecular flexibility index (Phi) is 4.39. The highest BCUT2D eigenvalue weighted by atomic mass is 16.5. The van der Waals surface area contributed by atoms with E-state index < -0.39 is 0 Å². The van der Waals surface area contributed by atoms with Gasteiger partial charge in [0, 0.05) is 31.1 Å². The molecule has 0 spiro atoms. The van der Waals surface area contributed by atoms with Gasteiger partial charge in [0.15, 0.2) is 0 Å². The zero-order valence-corrected chi connectivity index (χ0v) is 12.4. The van der Waals surface area contributed by atoms with Gasteiger partial charge in [-0.25, -0.2) is 0 Å². The third-order valence-electron chi connectivity index (χ3n) is 4.21. The van der Waals surface area contributed by atoms with E-state index in [0.717, 1.165) is 37.4 Å². The van der Waals surface area contributed by atoms with E-state index >= 15 is 0 Å². The highest BCUT2D eigenvalue weighted by molar-refractivity contribution is 5.91. The molecule has 4 nitrogen and oxygen atoms in total. The van der Waals surface area contributed by atoms with Crippen molar-refractivity contribution in [1.29, 1.82) is 0 Å². The predicted octanol–water partition coefficient (Wildman–Crippen LogP) is 2.18. The summed E-state index contributed by atoms with van der Waals surface area (Å²) in [5.74, 6) is 0.909. The van der Waals surface area contributed by atoms with Crippen LogP contribution in [0.25, 0.3) is 10.8 Å². The topological polar surface area (TPSA) is 47.7 Å². The minimum absolute atomic E-state index is 0.227. The Bertz CT molecular complexity index is 609. The number of benzene rings is 2. The van der Waals surface area contributed by atoms with Crippen LogP contribution in [0, 0.1) is 0 Å². The molecule has 4 heteroatoms. The quantitative estimate of drug-likeness (QED) is 0.936. The standard InChI is InChI=1S/C17H22N2O2/c1-20-17-7-6-14(13-4-2-3-5-15(13)17)16(12-18)19-8-10-21-11-9-19/h2-7,16H,8-12,18H2,1H3. The van der Waals surface area contributed by atoms with Gasteiger partial charge in [-0.3, -0.25) is 4.90 Å². The Hall–Kier alpha value is -1.62. The van der Waals surface area contributed by atoms with Gasteiger partial charge in [0.25, 0.3) is 0 Å². The molecule has 0 saturated carbocycles. The number of rotatable bonds is 4. The molecule has 1 unspecified atom stereocenters. The summed E-state index contributed by atoms with van der Waals surface area (Å²) in [5, 5.41) is 2.36. The van der Waals surface area contributed by atoms with Crippen molar-refractivity contribution < 1.29 is 9.47 Å². The van der Waals surface area contributed by atoms with Crippen molar-refractivity contribution >= 4 is 10.8 Å². The van der Waals surface area contributed by atoms with Gasteiger partial charge in [0.05, 0.1) is 20.3 Å². The summed E-state index contributed by atoms with van der Waals surface area (Å²) < 4.78 is 10.9. The maximum absolute atomic E-state index is 6.08. The molecular weight excluding hydrogens is 264 g/mol. The first-order valence-corrected chi connectivity index (χ1v) is 7.42. The summed E-state index contributed by atoms with van der Waals surface area (Å²) in [7, 11) is 1.71. The van der Waals surface area contributed by atoms with E-state index in [1.807, 2.05) is 12.1 Å². The lowest BCUT2D eigenvalue weighted by Gasteiger charge is -2.34. The first-order chi connectivity index (χ1) is 10.3. The van der Waals surface area contributed by atoms with Crippen LogP contribution in [0.15, 0.2) is 36.4 Å². The van der Waals surface area contributed by atoms with Crippen molar-refractivity contribution in [3.63, 3.8) is 0 Å². The smallest absolute Gasteiger partial charge is 0.126 e. The van der Waals surface area contributed by atoms with Crippen LogP contribution in [0.1, 0.15) is 11.6 Å². The molecule has 2 N–H and O–H groups in total. The van der Waals surface area contributed by atoms with Crippen molar-refractivity contribution in [1.82, 2.24) is 4.90 Å². The van der Waals surface area contributed by atoms with Gasteiger partial charge < -0.3 is 15.2 Å². The number of fused-ring (bicyclic) bond motifs is 1. The molecule has 1 fully saturated rings. The molecule has 0 aliphatic carbocycles. The predicted molar refractivity (Wildman–Crippen MR) is 84.7 cm³/mol. The number of ether oxygens (including phenoxy) is 2. The summed E-state index contributed by atoms with van der Waals surface area (Å²) in [6, 6.07) is 12.8. The fourth-order valence-electron chi connectivity index (χ4n) is 3.13. The summed E-state index contributed by atoms with van der Waals surface area (Å²) in [6.45, 7) is 4.04. The SMILES string of the molecule is COc1ccc(C(CN)N2CCOCC2)c2ccccc12. The van der Waals surface area contributed by atoms with Crippen LogP contribution in [0.4, 0.5) is 0 Å². The molecular formula is C17H22N2O2. The molecule has 2 aromatic rings. The lowest BCUT2D eigenvalue weighted by molar-refractivity contribution is 0.0181. The van der Waals surface area contributed by atoms with Crippen LogP contribution in [-0.4, -0.2) is 44.9 Å². The minimum Gasteiger partial charge on any atom is -0.496 e. The Morgan fingerprint density at radius 2 is 1.86 bits per heavy atom. The molecule has 1 aliphatic heterocycles. The van der Waals surface area contributed by atoms with E-state index in [4.69, 9.17) is 15.2 Å². The van der Waals surface area contributed by atoms with Crippen LogP contribution in [0.5, 0.6) is 5.75 Å². The van der Waals surface area contributed by atoms with Gasteiger partial charge in [0.1, 0.15) is 5.75 Å². The van der Waals surface area contributed by atoms with Gasteiger partial charge in [-0.15, -0.1) is 0 Å². The van der Waals surface area contributed by atoms with Crippen molar-refractivity contribution in [3.8, 4) is 5.75 Å². The molecule has 0 amide bonds. The number of morpholine rings is 1. The van der Waals surface area contributed by atoms with Crippen molar-refractivity contribution in [3.05, 3.63) is 42.0 Å². The lowest BCUT2D eigenvalue weighted by atomic mass is 9.96. The second-order valence-electron chi connectivity index (χ2n) is 5.30. The van der Waals surface area contributed by atoms with Crippen molar-refractivity contribution in [2.45, 2.75) is 6.04 Å². The third-order valence-corrected chi connectivity index (χ3v) is 4.21. The molecule has 21 heavy (non-hydrogen) atoms. The van der Waals surface area contributed by atoms with Crippen LogP contribution >= 0.6 is 0 Å². The Balaban J connectivity index is 2.05. The number of hydrogen-bond acceptors (Lipinski definition) is 4. The molecule has 112 valence electrons. The summed E-state index contributed by atoms with van der Waals surface area (Å²) >= 11 is 0. The molecule has 1 aliphatic rings. The summed E-state index contributed by atoms with van der Waals surface area (Å²) in [6.07, 6.45) is 0. The molecule has 0 aromatic heterocycles. The molecule has 0 bridgehead atoms. The molecule has 1 atom stereocenters. The van der Waals surface area contributed by atoms with Crippen LogP contribution < -0.4 is 10.5 Å². The molecule has 1 saturated heterocycles. The normalized spacial score (nSPS) is 17.8. The first-order valence-electron chi connectivity index (χ1n) is 7.42. The first kappa shape index (κ1) is 14.3. The number of nitrogens with zero attached hydrogens (tertiary/aromatic N) is 1. The molecule has 2 aromatic carbocycles. The third kappa shape index (κ3) is 2.75.